The van der Waals surface area contributed by atoms with Crippen LogP contribution in [-0.4, -0.2) is 53.6 Å². The van der Waals surface area contributed by atoms with Crippen LogP contribution >= 0.6 is 0 Å². The number of hydrogen-bond donors (Lipinski definition) is 3. The Labute approximate surface area is 192 Å². The fraction of sp³-hybridized carbons (Fsp3) is 0.346. The molecule has 172 valence electrons. The van der Waals surface area contributed by atoms with Crippen molar-refractivity contribution in [3.05, 3.63) is 65.5 Å². The number of primary amides is 1. The van der Waals surface area contributed by atoms with Crippen molar-refractivity contribution >= 4 is 33.5 Å². The first-order valence-corrected chi connectivity index (χ1v) is 11.6. The Balaban J connectivity index is 1.10. The van der Waals surface area contributed by atoms with Gasteiger partial charge in [0.05, 0.1) is 6.61 Å². The van der Waals surface area contributed by atoms with Gasteiger partial charge < -0.3 is 25.1 Å². The van der Waals surface area contributed by atoms with Crippen LogP contribution in [-0.2, 0) is 13.0 Å². The number of rotatable bonds is 8. The van der Waals surface area contributed by atoms with E-state index in [1.165, 1.54) is 17.4 Å². The average Bonchev–Trinajstić information content (AvgIpc) is 3.45. The highest BCUT2D eigenvalue weighted by Gasteiger charge is 2.18. The van der Waals surface area contributed by atoms with E-state index in [0.29, 0.717) is 5.58 Å². The molecule has 7 heteroatoms. The number of nitrogens with one attached hydrogen (secondary N) is 1. The molecule has 0 saturated carbocycles. The van der Waals surface area contributed by atoms with Gasteiger partial charge in [0.2, 0.25) is 0 Å². The summed E-state index contributed by atoms with van der Waals surface area (Å²) in [6, 6.07) is 13.9. The van der Waals surface area contributed by atoms with E-state index in [-0.39, 0.29) is 12.4 Å². The number of nitrogens with two attached hydrogens (primary N) is 1. The van der Waals surface area contributed by atoms with E-state index >= 15 is 0 Å². The quantitative estimate of drug-likeness (QED) is 0.359. The number of piperazine rings is 1. The number of hydrogen-bond acceptors (Lipinski definition) is 5. The maximum absolute atomic E-state index is 11.4. The van der Waals surface area contributed by atoms with Gasteiger partial charge in [0.25, 0.3) is 5.91 Å². The fourth-order valence-electron chi connectivity index (χ4n) is 4.76. The summed E-state index contributed by atoms with van der Waals surface area (Å²) in [6.45, 7) is 5.25. The highest BCUT2D eigenvalue weighted by atomic mass is 16.3. The van der Waals surface area contributed by atoms with Gasteiger partial charge in [-0.15, -0.1) is 0 Å². The van der Waals surface area contributed by atoms with Gasteiger partial charge in [0.15, 0.2) is 5.76 Å². The second kappa shape index (κ2) is 9.29. The van der Waals surface area contributed by atoms with Crippen molar-refractivity contribution in [3.8, 4) is 0 Å². The number of aromatic amines is 1. The topological polar surface area (TPSA) is 98.7 Å². The number of benzene rings is 2. The molecule has 1 aliphatic rings. The average molecular weight is 447 g/mol. The van der Waals surface area contributed by atoms with E-state index in [2.05, 4.69) is 39.2 Å². The Morgan fingerprint density at radius 3 is 2.70 bits per heavy atom. The first kappa shape index (κ1) is 21.6. The van der Waals surface area contributed by atoms with Gasteiger partial charge >= 0.3 is 0 Å². The highest BCUT2D eigenvalue weighted by Crippen LogP contribution is 2.26. The van der Waals surface area contributed by atoms with Crippen molar-refractivity contribution in [2.24, 2.45) is 5.73 Å². The van der Waals surface area contributed by atoms with Crippen LogP contribution < -0.4 is 10.6 Å². The Morgan fingerprint density at radius 1 is 1.06 bits per heavy atom. The Kier molecular flexibility index (Phi) is 6.07. The molecule has 1 saturated heterocycles. The van der Waals surface area contributed by atoms with E-state index in [9.17, 15) is 9.90 Å². The SMILES string of the molecule is NC(=O)c1cc2cc(N3CCN(CCCCc4c[nH]c5ccc(CO)cc45)CC3)ccc2o1. The van der Waals surface area contributed by atoms with Crippen molar-refractivity contribution in [3.63, 3.8) is 0 Å². The molecule has 7 nitrogen and oxygen atoms in total. The first-order valence-electron chi connectivity index (χ1n) is 11.6. The van der Waals surface area contributed by atoms with Crippen LogP contribution in [0.4, 0.5) is 5.69 Å². The van der Waals surface area contributed by atoms with Gasteiger partial charge in [-0.3, -0.25) is 9.69 Å². The zero-order chi connectivity index (χ0) is 22.8. The predicted octanol–water partition coefficient (Wildman–Crippen LogP) is 3.65. The Hall–Kier alpha value is -3.29. The summed E-state index contributed by atoms with van der Waals surface area (Å²) >= 11 is 0. The third-order valence-electron chi connectivity index (χ3n) is 6.67. The summed E-state index contributed by atoms with van der Waals surface area (Å²) in [6.07, 6.45) is 5.47. The van der Waals surface area contributed by atoms with Crippen LogP contribution in [0.2, 0.25) is 0 Å². The molecule has 2 aromatic carbocycles. The standard InChI is InChI=1S/C26H30N4O3/c27-26(32)25-15-20-14-21(5-7-24(20)33-25)30-11-9-29(10-12-30)8-2-1-3-19-16-28-23-6-4-18(17-31)13-22(19)23/h4-7,13-16,28,31H,1-3,8-12,17H2,(H2,27,32). The predicted molar refractivity (Wildman–Crippen MR) is 131 cm³/mol. The number of anilines is 1. The number of carbonyl (C=O) groups excluding carboxylic acids is 1. The molecule has 0 spiro atoms. The van der Waals surface area contributed by atoms with Crippen LogP contribution in [0, 0.1) is 0 Å². The number of aromatic nitrogens is 1. The number of H-pyrrole nitrogens is 1. The molecule has 0 radical (unpaired) electrons. The molecule has 0 aliphatic carbocycles. The van der Waals surface area contributed by atoms with Crippen LogP contribution in [0.5, 0.6) is 0 Å². The van der Waals surface area contributed by atoms with E-state index < -0.39 is 5.91 Å². The lowest BCUT2D eigenvalue weighted by Crippen LogP contribution is -2.46. The van der Waals surface area contributed by atoms with E-state index in [1.54, 1.807) is 6.07 Å². The fourth-order valence-corrected chi connectivity index (χ4v) is 4.76. The van der Waals surface area contributed by atoms with Crippen LogP contribution in [0.25, 0.3) is 21.9 Å². The molecular formula is C26H30N4O3. The highest BCUT2D eigenvalue weighted by molar-refractivity contribution is 5.95. The Bertz CT molecular complexity index is 1270. The number of furan rings is 1. The third-order valence-corrected chi connectivity index (χ3v) is 6.67. The van der Waals surface area contributed by atoms with Crippen LogP contribution in [0.15, 0.2) is 53.1 Å². The molecule has 1 aliphatic heterocycles. The number of aliphatic hydroxyl groups excluding tert-OH is 1. The van der Waals surface area contributed by atoms with E-state index in [1.807, 2.05) is 18.2 Å². The van der Waals surface area contributed by atoms with Crippen molar-refractivity contribution in [1.82, 2.24) is 9.88 Å². The smallest absolute Gasteiger partial charge is 0.284 e. The molecule has 2 aromatic heterocycles. The second-order valence-electron chi connectivity index (χ2n) is 8.83. The molecule has 0 atom stereocenters. The lowest BCUT2D eigenvalue weighted by molar-refractivity contribution is 0.0976. The summed E-state index contributed by atoms with van der Waals surface area (Å²) in [7, 11) is 0. The minimum absolute atomic E-state index is 0.0802. The number of unbranched alkanes of at least 4 members (excludes halogenated alkanes) is 1. The van der Waals surface area contributed by atoms with Gasteiger partial charge in [0, 0.05) is 54.4 Å². The third kappa shape index (κ3) is 4.60. The lowest BCUT2D eigenvalue weighted by Gasteiger charge is -2.36. The number of carbonyl (C=O) groups is 1. The van der Waals surface area contributed by atoms with Gasteiger partial charge in [-0.25, -0.2) is 0 Å². The van der Waals surface area contributed by atoms with Crippen molar-refractivity contribution < 1.29 is 14.3 Å². The molecule has 0 unspecified atom stereocenters. The number of aliphatic hydroxyl groups is 1. The summed E-state index contributed by atoms with van der Waals surface area (Å²) in [5.41, 5.74) is 10.6. The zero-order valence-corrected chi connectivity index (χ0v) is 18.7. The second-order valence-corrected chi connectivity index (χ2v) is 8.83. The van der Waals surface area contributed by atoms with Gasteiger partial charge in [-0.1, -0.05) is 6.07 Å². The molecule has 4 aromatic rings. The van der Waals surface area contributed by atoms with Gasteiger partial charge in [-0.05, 0) is 73.3 Å². The number of amides is 1. The molecule has 3 heterocycles. The summed E-state index contributed by atoms with van der Waals surface area (Å²) in [5.74, 6) is -0.339. The number of nitrogens with zero attached hydrogens (tertiary/aromatic N) is 2. The summed E-state index contributed by atoms with van der Waals surface area (Å²) in [5, 5.41) is 11.5. The van der Waals surface area contributed by atoms with Crippen LogP contribution in [0.1, 0.15) is 34.5 Å². The molecule has 4 N–H and O–H groups in total. The molecule has 1 amide bonds. The number of aryl methyl sites for hydroxylation is 1. The monoisotopic (exact) mass is 446 g/mol. The van der Waals surface area contributed by atoms with Crippen molar-refractivity contribution in [1.29, 1.82) is 0 Å². The number of fused-ring (bicyclic) bond motifs is 2. The maximum Gasteiger partial charge on any atom is 0.284 e. The van der Waals surface area contributed by atoms with E-state index in [4.69, 9.17) is 10.2 Å². The normalized spacial score (nSPS) is 15.0. The summed E-state index contributed by atoms with van der Waals surface area (Å²) < 4.78 is 5.49. The zero-order valence-electron chi connectivity index (χ0n) is 18.7. The minimum atomic E-state index is -0.541. The largest absolute Gasteiger partial charge is 0.451 e. The van der Waals surface area contributed by atoms with Crippen molar-refractivity contribution in [2.45, 2.75) is 25.9 Å². The summed E-state index contributed by atoms with van der Waals surface area (Å²) in [4.78, 5) is 19.6. The Morgan fingerprint density at radius 2 is 1.91 bits per heavy atom. The van der Waals surface area contributed by atoms with Crippen molar-refractivity contribution in [2.75, 3.05) is 37.6 Å². The van der Waals surface area contributed by atoms with Gasteiger partial charge in [0.1, 0.15) is 5.58 Å². The van der Waals surface area contributed by atoms with Crippen LogP contribution in [0.3, 0.4) is 0 Å². The van der Waals surface area contributed by atoms with E-state index in [0.717, 1.165) is 67.7 Å². The molecule has 0 bridgehead atoms. The molecule has 33 heavy (non-hydrogen) atoms. The first-order chi connectivity index (χ1) is 16.1. The molecule has 5 rings (SSSR count). The maximum atomic E-state index is 11.4. The molecular weight excluding hydrogens is 416 g/mol. The molecule has 1 fully saturated rings. The minimum Gasteiger partial charge on any atom is -0.451 e. The van der Waals surface area contributed by atoms with Gasteiger partial charge in [-0.2, -0.15) is 0 Å². The lowest BCUT2D eigenvalue weighted by atomic mass is 10.0.